The number of amides is 1. The lowest BCUT2D eigenvalue weighted by Crippen LogP contribution is -2.48. The van der Waals surface area contributed by atoms with E-state index in [2.05, 4.69) is 0 Å². The maximum atomic E-state index is 13.2. The molecule has 30 heavy (non-hydrogen) atoms. The molecular weight excluding hydrogens is 431 g/mol. The maximum absolute atomic E-state index is 13.2. The van der Waals surface area contributed by atoms with Crippen LogP contribution in [0, 0.1) is 5.82 Å². The number of benzene rings is 2. The van der Waals surface area contributed by atoms with E-state index in [1.54, 1.807) is 6.92 Å². The largest absolute Gasteiger partial charge is 0.373 e. The minimum absolute atomic E-state index is 0.0446. The van der Waals surface area contributed by atoms with Gasteiger partial charge in [-0.2, -0.15) is 4.31 Å². The van der Waals surface area contributed by atoms with Crippen LogP contribution < -0.4 is 4.90 Å². The Morgan fingerprint density at radius 3 is 2.33 bits per heavy atom. The first kappa shape index (κ1) is 22.7. The Morgan fingerprint density at radius 2 is 1.77 bits per heavy atom. The van der Waals surface area contributed by atoms with Crippen LogP contribution in [0.5, 0.6) is 0 Å². The lowest BCUT2D eigenvalue weighted by atomic mass is 10.1. The fourth-order valence-electron chi connectivity index (χ4n) is 3.52. The summed E-state index contributed by atoms with van der Waals surface area (Å²) in [5.41, 5.74) is 0.692. The van der Waals surface area contributed by atoms with Crippen LogP contribution in [0.25, 0.3) is 0 Å². The molecule has 1 aliphatic rings. The molecule has 1 heterocycles. The Bertz CT molecular complexity index is 1020. The molecular formula is C21H24ClFN2O4S. The number of hydrogen-bond donors (Lipinski definition) is 0. The van der Waals surface area contributed by atoms with Gasteiger partial charge < -0.3 is 9.64 Å². The lowest BCUT2D eigenvalue weighted by Gasteiger charge is -2.34. The molecule has 2 unspecified atom stereocenters. The molecule has 1 fully saturated rings. The summed E-state index contributed by atoms with van der Waals surface area (Å²) in [4.78, 5) is 14.4. The molecule has 9 heteroatoms. The van der Waals surface area contributed by atoms with Gasteiger partial charge in [0.05, 0.1) is 17.2 Å². The van der Waals surface area contributed by atoms with Gasteiger partial charge in [0.2, 0.25) is 10.0 Å². The molecule has 3 rings (SSSR count). The van der Waals surface area contributed by atoms with E-state index in [1.165, 1.54) is 51.7 Å². The average Bonchev–Trinajstić information content (AvgIpc) is 2.69. The minimum Gasteiger partial charge on any atom is -0.373 e. The van der Waals surface area contributed by atoms with Crippen molar-refractivity contribution >= 4 is 33.2 Å². The van der Waals surface area contributed by atoms with Crippen molar-refractivity contribution in [3.05, 3.63) is 58.9 Å². The van der Waals surface area contributed by atoms with E-state index < -0.39 is 21.7 Å². The van der Waals surface area contributed by atoms with Crippen molar-refractivity contribution in [3.8, 4) is 0 Å². The number of carbonyl (C=O) groups is 1. The van der Waals surface area contributed by atoms with E-state index in [0.29, 0.717) is 12.2 Å². The van der Waals surface area contributed by atoms with Crippen LogP contribution in [0.4, 0.5) is 10.1 Å². The molecule has 1 aliphatic heterocycles. The number of ether oxygens (including phenoxy) is 1. The van der Waals surface area contributed by atoms with Crippen molar-refractivity contribution in [2.45, 2.75) is 37.9 Å². The first-order chi connectivity index (χ1) is 14.1. The fraction of sp³-hybridized carbons (Fsp3) is 0.381. The Balaban J connectivity index is 1.96. The zero-order valence-corrected chi connectivity index (χ0v) is 18.6. The second-order valence-electron chi connectivity index (χ2n) is 7.25. The van der Waals surface area contributed by atoms with Gasteiger partial charge in [-0.15, -0.1) is 0 Å². The molecule has 0 aliphatic carbocycles. The number of anilines is 1. The number of carbonyl (C=O) groups excluding carboxylic acids is 1. The third-order valence-corrected chi connectivity index (χ3v) is 7.19. The number of morpholine rings is 1. The summed E-state index contributed by atoms with van der Waals surface area (Å²) in [6.07, 6.45) is -0.498. The molecule has 2 atom stereocenters. The van der Waals surface area contributed by atoms with Crippen LogP contribution >= 0.6 is 11.6 Å². The van der Waals surface area contributed by atoms with Crippen molar-refractivity contribution in [1.29, 1.82) is 0 Å². The Morgan fingerprint density at radius 1 is 1.17 bits per heavy atom. The van der Waals surface area contributed by atoms with Gasteiger partial charge in [0.25, 0.3) is 5.91 Å². The Kier molecular flexibility index (Phi) is 6.81. The molecule has 2 aromatic carbocycles. The fourth-order valence-corrected chi connectivity index (χ4v) is 5.61. The molecule has 2 aromatic rings. The lowest BCUT2D eigenvalue weighted by molar-refractivity contribution is -0.0440. The SMILES string of the molecule is CCN(C(=O)c1ccc(Cl)c(S(=O)(=O)N2CC(C)OC(C)C2)c1)c1ccc(F)cc1. The first-order valence-corrected chi connectivity index (χ1v) is 11.5. The summed E-state index contributed by atoms with van der Waals surface area (Å²) in [6, 6.07) is 9.74. The van der Waals surface area contributed by atoms with Gasteiger partial charge >= 0.3 is 0 Å². The summed E-state index contributed by atoms with van der Waals surface area (Å²) in [6.45, 7) is 6.14. The topological polar surface area (TPSA) is 66.9 Å². The third kappa shape index (κ3) is 4.67. The van der Waals surface area contributed by atoms with E-state index in [1.807, 2.05) is 13.8 Å². The Labute approximate surface area is 181 Å². The van der Waals surface area contributed by atoms with E-state index >= 15 is 0 Å². The van der Waals surface area contributed by atoms with Crippen LogP contribution in [0.1, 0.15) is 31.1 Å². The second-order valence-corrected chi connectivity index (χ2v) is 9.56. The first-order valence-electron chi connectivity index (χ1n) is 9.66. The van der Waals surface area contributed by atoms with Gasteiger partial charge in [0, 0.05) is 30.9 Å². The molecule has 6 nitrogen and oxygen atoms in total. The van der Waals surface area contributed by atoms with Crippen LogP contribution in [-0.4, -0.2) is 50.5 Å². The Hall–Kier alpha value is -2.00. The van der Waals surface area contributed by atoms with Gasteiger partial charge in [0.1, 0.15) is 10.7 Å². The van der Waals surface area contributed by atoms with E-state index in [4.69, 9.17) is 16.3 Å². The van der Waals surface area contributed by atoms with Gasteiger partial charge in [-0.05, 0) is 63.2 Å². The van der Waals surface area contributed by atoms with Crippen molar-refractivity contribution in [2.75, 3.05) is 24.5 Å². The zero-order chi connectivity index (χ0) is 22.1. The van der Waals surface area contributed by atoms with Crippen LogP contribution in [0.15, 0.2) is 47.4 Å². The number of rotatable bonds is 5. The molecule has 0 saturated carbocycles. The van der Waals surface area contributed by atoms with Crippen molar-refractivity contribution in [2.24, 2.45) is 0 Å². The summed E-state index contributed by atoms with van der Waals surface area (Å²) in [5.74, 6) is -0.808. The molecule has 0 aromatic heterocycles. The van der Waals surface area contributed by atoms with E-state index in [-0.39, 0.29) is 40.8 Å². The molecule has 1 amide bonds. The highest BCUT2D eigenvalue weighted by Gasteiger charge is 2.34. The van der Waals surface area contributed by atoms with Gasteiger partial charge in [0.15, 0.2) is 0 Å². The highest BCUT2D eigenvalue weighted by Crippen LogP contribution is 2.29. The number of hydrogen-bond acceptors (Lipinski definition) is 4. The van der Waals surface area contributed by atoms with Crippen LogP contribution in [0.2, 0.25) is 5.02 Å². The zero-order valence-electron chi connectivity index (χ0n) is 17.0. The standard InChI is InChI=1S/C21H24ClFN2O4S/c1-4-25(18-8-6-17(23)7-9-18)21(26)16-5-10-19(22)20(11-16)30(27,28)24-12-14(2)29-15(3)13-24/h5-11,14-15H,4,12-13H2,1-3H3. The quantitative estimate of drug-likeness (QED) is 0.686. The van der Waals surface area contributed by atoms with Crippen LogP contribution in [-0.2, 0) is 14.8 Å². The summed E-state index contributed by atoms with van der Waals surface area (Å²) in [7, 11) is -3.92. The van der Waals surface area contributed by atoms with Crippen molar-refractivity contribution in [1.82, 2.24) is 4.31 Å². The van der Waals surface area contributed by atoms with Crippen LogP contribution in [0.3, 0.4) is 0 Å². The smallest absolute Gasteiger partial charge is 0.258 e. The predicted octanol–water partition coefficient (Wildman–Crippen LogP) is 3.94. The number of nitrogens with zero attached hydrogens (tertiary/aromatic N) is 2. The highest BCUT2D eigenvalue weighted by atomic mass is 35.5. The minimum atomic E-state index is -3.92. The molecule has 0 bridgehead atoms. The predicted molar refractivity (Wildman–Crippen MR) is 114 cm³/mol. The highest BCUT2D eigenvalue weighted by molar-refractivity contribution is 7.89. The third-order valence-electron chi connectivity index (χ3n) is 4.88. The van der Waals surface area contributed by atoms with Gasteiger partial charge in [-0.25, -0.2) is 12.8 Å². The average molecular weight is 455 g/mol. The normalized spacial score (nSPS) is 20.2. The van der Waals surface area contributed by atoms with E-state index in [0.717, 1.165) is 0 Å². The van der Waals surface area contributed by atoms with E-state index in [9.17, 15) is 17.6 Å². The maximum Gasteiger partial charge on any atom is 0.258 e. The number of sulfonamides is 1. The summed E-state index contributed by atoms with van der Waals surface area (Å²) in [5, 5.41) is 0.0446. The molecule has 0 N–H and O–H groups in total. The molecule has 1 saturated heterocycles. The summed E-state index contributed by atoms with van der Waals surface area (Å²) >= 11 is 6.22. The van der Waals surface area contributed by atoms with Gasteiger partial charge in [-0.1, -0.05) is 11.6 Å². The van der Waals surface area contributed by atoms with Crippen molar-refractivity contribution < 1.29 is 22.3 Å². The summed E-state index contributed by atoms with van der Waals surface area (Å²) < 4.78 is 46.7. The second kappa shape index (κ2) is 9.01. The van der Waals surface area contributed by atoms with Crippen molar-refractivity contribution in [3.63, 3.8) is 0 Å². The molecule has 162 valence electrons. The number of halogens is 2. The van der Waals surface area contributed by atoms with Gasteiger partial charge in [-0.3, -0.25) is 4.79 Å². The molecule has 0 spiro atoms. The monoisotopic (exact) mass is 454 g/mol. The molecule has 0 radical (unpaired) electrons.